The Balaban J connectivity index is 1.37. The van der Waals surface area contributed by atoms with Gasteiger partial charge in [0.2, 0.25) is 11.8 Å². The molecule has 238 valence electrons. The lowest BCUT2D eigenvalue weighted by molar-refractivity contribution is -0.140. The van der Waals surface area contributed by atoms with Crippen LogP contribution in [0.2, 0.25) is 0 Å². The van der Waals surface area contributed by atoms with Gasteiger partial charge >= 0.3 is 6.09 Å². The zero-order chi connectivity index (χ0) is 31.1. The minimum absolute atomic E-state index is 0.223. The second kappa shape index (κ2) is 12.2. The van der Waals surface area contributed by atoms with Gasteiger partial charge < -0.3 is 29.2 Å². The maximum atomic E-state index is 14.4. The maximum absolute atomic E-state index is 14.4. The van der Waals surface area contributed by atoms with Crippen LogP contribution < -0.4 is 14.8 Å². The van der Waals surface area contributed by atoms with Crippen molar-refractivity contribution < 1.29 is 28.6 Å². The van der Waals surface area contributed by atoms with Crippen LogP contribution in [0.3, 0.4) is 0 Å². The predicted octanol–water partition coefficient (Wildman–Crippen LogP) is 5.39. The van der Waals surface area contributed by atoms with E-state index in [1.165, 1.54) is 0 Å². The molecule has 2 aromatic rings. The molecular weight excluding hydrogens is 560 g/mol. The Labute approximate surface area is 259 Å². The molecule has 10 heteroatoms. The Morgan fingerprint density at radius 1 is 1.09 bits per heavy atom. The highest BCUT2D eigenvalue weighted by Crippen LogP contribution is 2.50. The van der Waals surface area contributed by atoms with Gasteiger partial charge in [-0.1, -0.05) is 39.5 Å². The smallest absolute Gasteiger partial charge is 0.408 e. The molecule has 2 aliphatic carbocycles. The van der Waals surface area contributed by atoms with Crippen molar-refractivity contribution in [3.05, 3.63) is 23.9 Å². The quantitative estimate of drug-likeness (QED) is 0.460. The van der Waals surface area contributed by atoms with Crippen LogP contribution in [0, 0.1) is 17.3 Å². The molecule has 6 rings (SSSR count). The third kappa shape index (κ3) is 5.84. The number of carbonyl (C=O) groups excluding carboxylic acids is 3. The molecule has 1 N–H and O–H groups in total. The summed E-state index contributed by atoms with van der Waals surface area (Å²) in [5, 5.41) is 3.00. The Morgan fingerprint density at radius 2 is 1.89 bits per heavy atom. The zero-order valence-electron chi connectivity index (χ0n) is 26.5. The van der Waals surface area contributed by atoms with Gasteiger partial charge in [-0.3, -0.25) is 4.79 Å². The lowest BCUT2D eigenvalue weighted by Crippen LogP contribution is -2.57. The lowest BCUT2D eigenvalue weighted by atomic mass is 9.79. The van der Waals surface area contributed by atoms with Crippen molar-refractivity contribution in [2.45, 2.75) is 115 Å². The molecule has 6 atom stereocenters. The number of alkyl carbamates (subject to hydrolysis) is 1. The molecule has 0 spiro atoms. The SMILES string of the molecule is CC[C@@H]1[C@@H]2CN(C(=O)[C@H](C3(C)CCCC3)NC(=O)O[C@]3(C)C[C@H]3CCCCCc3nc4ccc(OC)cc4nc3O2)[C@@H]1C=O. The first-order valence-electron chi connectivity index (χ1n) is 16.4. The first-order chi connectivity index (χ1) is 21.2. The van der Waals surface area contributed by atoms with E-state index >= 15 is 0 Å². The number of amides is 2. The second-order valence-corrected chi connectivity index (χ2v) is 13.8. The molecule has 3 fully saturated rings. The van der Waals surface area contributed by atoms with E-state index in [-0.39, 0.29) is 18.4 Å². The first-order valence-corrected chi connectivity index (χ1v) is 16.4. The van der Waals surface area contributed by atoms with Gasteiger partial charge in [0.15, 0.2) is 0 Å². The number of ether oxygens (including phenoxy) is 3. The second-order valence-electron chi connectivity index (χ2n) is 13.8. The summed E-state index contributed by atoms with van der Waals surface area (Å²) in [6.07, 6.45) is 9.58. The van der Waals surface area contributed by atoms with Gasteiger partial charge in [0.1, 0.15) is 35.5 Å². The molecular formula is C34H46N4O6. The highest BCUT2D eigenvalue weighted by Gasteiger charge is 2.55. The average molecular weight is 607 g/mol. The summed E-state index contributed by atoms with van der Waals surface area (Å²) in [5.41, 5.74) is 1.29. The number of aromatic nitrogens is 2. The van der Waals surface area contributed by atoms with Crippen LogP contribution in [0.1, 0.15) is 90.7 Å². The molecule has 4 aliphatic rings. The molecule has 2 saturated carbocycles. The van der Waals surface area contributed by atoms with Crippen LogP contribution in [0.15, 0.2) is 18.2 Å². The largest absolute Gasteiger partial charge is 0.497 e. The molecule has 2 bridgehead atoms. The third-order valence-electron chi connectivity index (χ3n) is 10.8. The summed E-state index contributed by atoms with van der Waals surface area (Å²) in [4.78, 5) is 51.9. The van der Waals surface area contributed by atoms with E-state index in [0.717, 1.165) is 75.3 Å². The number of nitrogens with one attached hydrogen (secondary N) is 1. The first kappa shape index (κ1) is 30.6. The van der Waals surface area contributed by atoms with Crippen LogP contribution >= 0.6 is 0 Å². The number of hydrogen-bond acceptors (Lipinski definition) is 8. The molecule has 44 heavy (non-hydrogen) atoms. The van der Waals surface area contributed by atoms with Gasteiger partial charge in [0, 0.05) is 17.9 Å². The van der Waals surface area contributed by atoms with Crippen molar-refractivity contribution in [1.29, 1.82) is 0 Å². The van der Waals surface area contributed by atoms with Gasteiger partial charge in [-0.05, 0) is 69.4 Å². The predicted molar refractivity (Wildman–Crippen MR) is 165 cm³/mol. The molecule has 1 aromatic carbocycles. The van der Waals surface area contributed by atoms with Crippen LogP contribution in [0.25, 0.3) is 11.0 Å². The number of benzene rings is 1. The van der Waals surface area contributed by atoms with Crippen LogP contribution in [-0.4, -0.2) is 70.6 Å². The minimum Gasteiger partial charge on any atom is -0.497 e. The zero-order valence-corrected chi connectivity index (χ0v) is 26.5. The van der Waals surface area contributed by atoms with E-state index in [1.54, 1.807) is 12.0 Å². The fraction of sp³-hybridized carbons (Fsp3) is 0.676. The molecule has 0 radical (unpaired) electrons. The number of rotatable bonds is 4. The van der Waals surface area contributed by atoms with E-state index in [1.807, 2.05) is 32.0 Å². The number of aryl methyl sites for hydroxylation is 1. The summed E-state index contributed by atoms with van der Waals surface area (Å²) < 4.78 is 18.1. The Kier molecular flexibility index (Phi) is 8.46. The summed E-state index contributed by atoms with van der Waals surface area (Å²) in [5.74, 6) is 0.957. The van der Waals surface area contributed by atoms with Crippen molar-refractivity contribution in [3.63, 3.8) is 0 Å². The normalized spacial score (nSPS) is 32.4. The van der Waals surface area contributed by atoms with Crippen LogP contribution in [0.4, 0.5) is 4.79 Å². The van der Waals surface area contributed by atoms with E-state index in [9.17, 15) is 14.4 Å². The van der Waals surface area contributed by atoms with Crippen molar-refractivity contribution in [1.82, 2.24) is 20.2 Å². The van der Waals surface area contributed by atoms with E-state index in [4.69, 9.17) is 24.2 Å². The number of hydrogen-bond donors (Lipinski definition) is 1. The van der Waals surface area contributed by atoms with Gasteiger partial charge in [0.05, 0.1) is 30.7 Å². The lowest BCUT2D eigenvalue weighted by Gasteiger charge is -2.37. The van der Waals surface area contributed by atoms with Crippen molar-refractivity contribution in [3.8, 4) is 11.6 Å². The molecule has 3 heterocycles. The highest BCUT2D eigenvalue weighted by molar-refractivity contribution is 5.89. The summed E-state index contributed by atoms with van der Waals surface area (Å²) in [6, 6.07) is 4.17. The Hall–Kier alpha value is -3.43. The van der Waals surface area contributed by atoms with Gasteiger partial charge in [0.25, 0.3) is 0 Å². The number of methoxy groups -OCH3 is 1. The molecule has 2 aliphatic heterocycles. The fourth-order valence-corrected chi connectivity index (χ4v) is 7.88. The summed E-state index contributed by atoms with van der Waals surface area (Å²) in [6.45, 7) is 6.30. The van der Waals surface area contributed by atoms with Crippen molar-refractivity contribution >= 4 is 29.3 Å². The Bertz CT molecular complexity index is 1410. The number of aldehydes is 1. The van der Waals surface area contributed by atoms with E-state index in [2.05, 4.69) is 12.2 Å². The standard InChI is InChI=1S/C34H46N4O6/c1-5-23-27(20-39)38-19-28(23)43-30-25(35-24-14-13-22(42-4)17-26(24)36-30)12-8-6-7-11-21-18-34(21,3)44-32(41)37-29(31(38)40)33(2)15-9-10-16-33/h13-14,17,20-21,23,27-29H,5-12,15-16,18-19H2,1-4H3,(H,37,41)/t21-,23+,27-,28+,29-,34-/m1/s1. The van der Waals surface area contributed by atoms with Crippen molar-refractivity contribution in [2.24, 2.45) is 17.3 Å². The topological polar surface area (TPSA) is 120 Å². The number of fused-ring (bicyclic) bond motifs is 5. The maximum Gasteiger partial charge on any atom is 0.408 e. The monoisotopic (exact) mass is 606 g/mol. The van der Waals surface area contributed by atoms with E-state index < -0.39 is 35.3 Å². The highest BCUT2D eigenvalue weighted by atomic mass is 16.6. The van der Waals surface area contributed by atoms with Crippen LogP contribution in [-0.2, 0) is 20.7 Å². The van der Waals surface area contributed by atoms with Crippen molar-refractivity contribution in [2.75, 3.05) is 13.7 Å². The Morgan fingerprint density at radius 3 is 2.61 bits per heavy atom. The fourth-order valence-electron chi connectivity index (χ4n) is 7.88. The van der Waals surface area contributed by atoms with Gasteiger partial charge in [-0.25, -0.2) is 14.8 Å². The average Bonchev–Trinajstić information content (AvgIpc) is 3.30. The summed E-state index contributed by atoms with van der Waals surface area (Å²) in [7, 11) is 1.62. The third-order valence-corrected chi connectivity index (χ3v) is 10.8. The molecule has 2 amide bonds. The number of carbonyl (C=O) groups is 3. The van der Waals surface area contributed by atoms with Gasteiger partial charge in [-0.15, -0.1) is 0 Å². The van der Waals surface area contributed by atoms with E-state index in [0.29, 0.717) is 35.9 Å². The molecule has 10 nitrogen and oxygen atoms in total. The van der Waals surface area contributed by atoms with Gasteiger partial charge in [-0.2, -0.15) is 0 Å². The molecule has 1 aromatic heterocycles. The summed E-state index contributed by atoms with van der Waals surface area (Å²) >= 11 is 0. The minimum atomic E-state index is -0.792. The number of nitrogens with zero attached hydrogens (tertiary/aromatic N) is 3. The molecule has 1 saturated heterocycles. The molecule has 0 unspecified atom stereocenters. The van der Waals surface area contributed by atoms with Crippen LogP contribution in [0.5, 0.6) is 11.6 Å².